The lowest BCUT2D eigenvalue weighted by Crippen LogP contribution is -2.50. The number of carbonyl (C=O) groups excluding carboxylic acids is 1. The molecule has 1 aromatic heterocycles. The molecule has 22 heavy (non-hydrogen) atoms. The number of nitrogens with zero attached hydrogens (tertiary/aromatic N) is 4. The van der Waals surface area contributed by atoms with Crippen LogP contribution in [0.1, 0.15) is 52.0 Å². The minimum atomic E-state index is 0.116. The number of rotatable bonds is 3. The van der Waals surface area contributed by atoms with Crippen molar-refractivity contribution in [3.63, 3.8) is 0 Å². The highest BCUT2D eigenvalue weighted by molar-refractivity contribution is 5.95. The Hall–Kier alpha value is -2.17. The van der Waals surface area contributed by atoms with Crippen molar-refractivity contribution < 1.29 is 4.79 Å². The third-order valence-corrected chi connectivity index (χ3v) is 4.52. The quantitative estimate of drug-likeness (QED) is 0.874. The average molecular weight is 296 g/mol. The summed E-state index contributed by atoms with van der Waals surface area (Å²) in [5.41, 5.74) is 4.16. The highest BCUT2D eigenvalue weighted by atomic mass is 16.2. The Kier molecular flexibility index (Phi) is 3.03. The molecule has 2 heterocycles. The fourth-order valence-electron chi connectivity index (χ4n) is 3.10. The average Bonchev–Trinajstić information content (AvgIpc) is 3.16. The van der Waals surface area contributed by atoms with Crippen molar-refractivity contribution in [2.45, 2.75) is 38.6 Å². The maximum absolute atomic E-state index is 12.5. The van der Waals surface area contributed by atoms with Crippen molar-refractivity contribution in [3.05, 3.63) is 46.8 Å². The lowest BCUT2D eigenvalue weighted by Gasteiger charge is -2.39. The van der Waals surface area contributed by atoms with Gasteiger partial charge in [-0.2, -0.15) is 0 Å². The second-order valence-corrected chi connectivity index (χ2v) is 6.64. The maximum atomic E-state index is 12.5. The first-order valence-electron chi connectivity index (χ1n) is 7.89. The number of hydrogen-bond acceptors (Lipinski definition) is 3. The van der Waals surface area contributed by atoms with Gasteiger partial charge in [0, 0.05) is 30.8 Å². The highest BCUT2D eigenvalue weighted by Gasteiger charge is 2.34. The van der Waals surface area contributed by atoms with Crippen LogP contribution in [0.2, 0.25) is 0 Å². The first-order chi connectivity index (χ1) is 10.6. The fraction of sp³-hybridized carbons (Fsp3) is 0.471. The van der Waals surface area contributed by atoms with E-state index in [0.717, 1.165) is 35.5 Å². The number of amides is 1. The Balaban J connectivity index is 1.42. The van der Waals surface area contributed by atoms with Crippen LogP contribution < -0.4 is 0 Å². The third kappa shape index (κ3) is 2.40. The van der Waals surface area contributed by atoms with E-state index >= 15 is 0 Å². The molecule has 1 amide bonds. The molecule has 2 fully saturated rings. The van der Waals surface area contributed by atoms with E-state index in [9.17, 15) is 4.79 Å². The Bertz CT molecular complexity index is 706. The van der Waals surface area contributed by atoms with Crippen LogP contribution >= 0.6 is 0 Å². The summed E-state index contributed by atoms with van der Waals surface area (Å²) in [6, 6.07) is 6.28. The Morgan fingerprint density at radius 2 is 1.82 bits per heavy atom. The Morgan fingerprint density at radius 3 is 2.45 bits per heavy atom. The van der Waals surface area contributed by atoms with Gasteiger partial charge in [0.1, 0.15) is 0 Å². The molecule has 0 spiro atoms. The molecule has 0 N–H and O–H groups in total. The zero-order valence-electron chi connectivity index (χ0n) is 13.0. The van der Waals surface area contributed by atoms with Gasteiger partial charge in [0.2, 0.25) is 0 Å². The summed E-state index contributed by atoms with van der Waals surface area (Å²) in [6.07, 6.45) is 4.53. The van der Waals surface area contributed by atoms with Gasteiger partial charge in [0.05, 0.1) is 11.7 Å². The molecule has 1 aromatic carbocycles. The van der Waals surface area contributed by atoms with Crippen LogP contribution in [0.3, 0.4) is 0 Å². The monoisotopic (exact) mass is 296 g/mol. The summed E-state index contributed by atoms with van der Waals surface area (Å²) in [4.78, 5) is 14.4. The summed E-state index contributed by atoms with van der Waals surface area (Å²) < 4.78 is 1.93. The van der Waals surface area contributed by atoms with Crippen molar-refractivity contribution in [1.29, 1.82) is 0 Å². The van der Waals surface area contributed by atoms with Gasteiger partial charge < -0.3 is 4.90 Å². The van der Waals surface area contributed by atoms with E-state index in [1.54, 1.807) is 0 Å². The molecule has 1 saturated heterocycles. The Morgan fingerprint density at radius 1 is 1.14 bits per heavy atom. The zero-order chi connectivity index (χ0) is 15.3. The van der Waals surface area contributed by atoms with Crippen LogP contribution in [0.5, 0.6) is 0 Å². The molecule has 1 saturated carbocycles. The third-order valence-electron chi connectivity index (χ3n) is 4.52. The van der Waals surface area contributed by atoms with Gasteiger partial charge in [-0.05, 0) is 38.8 Å². The van der Waals surface area contributed by atoms with Gasteiger partial charge >= 0.3 is 0 Å². The highest BCUT2D eigenvalue weighted by Crippen LogP contribution is 2.39. The van der Waals surface area contributed by atoms with Gasteiger partial charge in [-0.15, -0.1) is 5.10 Å². The molecule has 0 radical (unpaired) electrons. The van der Waals surface area contributed by atoms with Gasteiger partial charge in [0.25, 0.3) is 5.91 Å². The molecule has 114 valence electrons. The lowest BCUT2D eigenvalue weighted by molar-refractivity contribution is 0.0498. The number of aryl methyl sites for hydroxylation is 2. The topological polar surface area (TPSA) is 51.0 Å². The SMILES string of the molecule is Cc1cc(C)cc(C(=O)N2CC(n3cc(C4CC4)nn3)C2)c1. The standard InChI is InChI=1S/C17H20N4O/c1-11-5-12(2)7-14(6-11)17(22)20-8-15(9-20)21-10-16(18-19-21)13-3-4-13/h5-7,10,13,15H,3-4,8-9H2,1-2H3. The predicted molar refractivity (Wildman–Crippen MR) is 82.9 cm³/mol. The molecule has 5 nitrogen and oxygen atoms in total. The number of benzene rings is 1. The van der Waals surface area contributed by atoms with E-state index < -0.39 is 0 Å². The van der Waals surface area contributed by atoms with Crippen LogP contribution in [0.4, 0.5) is 0 Å². The lowest BCUT2D eigenvalue weighted by atomic mass is 10.0. The molecule has 2 aromatic rings. The molecule has 4 rings (SSSR count). The summed E-state index contributed by atoms with van der Waals surface area (Å²) in [6.45, 7) is 5.49. The van der Waals surface area contributed by atoms with Crippen LogP contribution in [0, 0.1) is 13.8 Å². The van der Waals surface area contributed by atoms with E-state index in [1.807, 2.05) is 35.6 Å². The van der Waals surface area contributed by atoms with Crippen LogP contribution in [0.25, 0.3) is 0 Å². The van der Waals surface area contributed by atoms with Crippen molar-refractivity contribution >= 4 is 5.91 Å². The maximum Gasteiger partial charge on any atom is 0.254 e. The summed E-state index contributed by atoms with van der Waals surface area (Å²) >= 11 is 0. The molecule has 0 atom stereocenters. The largest absolute Gasteiger partial charge is 0.334 e. The smallest absolute Gasteiger partial charge is 0.254 e. The van der Waals surface area contributed by atoms with E-state index in [0.29, 0.717) is 5.92 Å². The molecule has 5 heteroatoms. The van der Waals surface area contributed by atoms with E-state index in [2.05, 4.69) is 22.6 Å². The first-order valence-corrected chi connectivity index (χ1v) is 7.89. The van der Waals surface area contributed by atoms with Gasteiger partial charge in [-0.3, -0.25) is 4.79 Å². The number of aromatic nitrogens is 3. The Labute approximate surface area is 129 Å². The van der Waals surface area contributed by atoms with Crippen molar-refractivity contribution in [2.24, 2.45) is 0 Å². The second kappa shape index (κ2) is 4.93. The molecule has 0 unspecified atom stereocenters. The summed E-state index contributed by atoms with van der Waals surface area (Å²) in [5.74, 6) is 0.743. The van der Waals surface area contributed by atoms with E-state index in [-0.39, 0.29) is 11.9 Å². The molecule has 2 aliphatic rings. The van der Waals surface area contributed by atoms with Crippen molar-refractivity contribution in [3.8, 4) is 0 Å². The van der Waals surface area contributed by atoms with Crippen LogP contribution in [0.15, 0.2) is 24.4 Å². The minimum absolute atomic E-state index is 0.116. The first kappa shape index (κ1) is 13.5. The normalized spacial score (nSPS) is 18.4. The summed E-state index contributed by atoms with van der Waals surface area (Å²) in [7, 11) is 0. The molecule has 0 bridgehead atoms. The molecular formula is C17H20N4O. The second-order valence-electron chi connectivity index (χ2n) is 6.64. The van der Waals surface area contributed by atoms with E-state index in [4.69, 9.17) is 0 Å². The van der Waals surface area contributed by atoms with Gasteiger partial charge in [-0.1, -0.05) is 22.4 Å². The molecule has 1 aliphatic carbocycles. The minimum Gasteiger partial charge on any atom is -0.334 e. The number of carbonyl (C=O) groups is 1. The van der Waals surface area contributed by atoms with Crippen molar-refractivity contribution in [1.82, 2.24) is 19.9 Å². The molecular weight excluding hydrogens is 276 g/mol. The van der Waals surface area contributed by atoms with Gasteiger partial charge in [-0.25, -0.2) is 4.68 Å². The predicted octanol–water partition coefficient (Wildman–Crippen LogP) is 2.47. The fourth-order valence-corrected chi connectivity index (χ4v) is 3.10. The molecule has 1 aliphatic heterocycles. The van der Waals surface area contributed by atoms with Crippen LogP contribution in [-0.4, -0.2) is 38.9 Å². The van der Waals surface area contributed by atoms with Crippen LogP contribution in [-0.2, 0) is 0 Å². The van der Waals surface area contributed by atoms with E-state index in [1.165, 1.54) is 12.8 Å². The zero-order valence-corrected chi connectivity index (χ0v) is 13.0. The summed E-state index contributed by atoms with van der Waals surface area (Å²) in [5, 5.41) is 8.46. The number of hydrogen-bond donors (Lipinski definition) is 0. The number of likely N-dealkylation sites (tertiary alicyclic amines) is 1. The van der Waals surface area contributed by atoms with Crippen molar-refractivity contribution in [2.75, 3.05) is 13.1 Å². The van der Waals surface area contributed by atoms with Gasteiger partial charge in [0.15, 0.2) is 0 Å².